The molecule has 2 aromatic heterocycles. The number of hydrogen-bond acceptors (Lipinski definition) is 3. The average molecular weight is 332 g/mol. The van der Waals surface area contributed by atoms with Crippen molar-refractivity contribution in [3.05, 3.63) is 70.9 Å². The van der Waals surface area contributed by atoms with Crippen LogP contribution in [0, 0.1) is 13.8 Å². The second kappa shape index (κ2) is 5.73. The second-order valence-corrected chi connectivity index (χ2v) is 6.95. The second-order valence-electron chi connectivity index (χ2n) is 5.77. The van der Waals surface area contributed by atoms with Crippen LogP contribution in [0.3, 0.4) is 0 Å². The van der Waals surface area contributed by atoms with Gasteiger partial charge >= 0.3 is 0 Å². The molecule has 0 atom stereocenters. The molecule has 0 aliphatic carbocycles. The highest BCUT2D eigenvalue weighted by Crippen LogP contribution is 2.31. The Hall–Kier alpha value is -2.72. The SMILES string of the molecule is Cc1sc2nc(-c3ccc(-c4ccccc4)cc3)c(C=O)n2c1C. The molecule has 3 nitrogen and oxygen atoms in total. The Labute approximate surface area is 144 Å². The Morgan fingerprint density at radius 3 is 2.21 bits per heavy atom. The zero-order chi connectivity index (χ0) is 16.7. The van der Waals surface area contributed by atoms with E-state index in [1.807, 2.05) is 41.7 Å². The summed E-state index contributed by atoms with van der Waals surface area (Å²) in [6.45, 7) is 4.08. The van der Waals surface area contributed by atoms with Gasteiger partial charge in [-0.05, 0) is 25.0 Å². The lowest BCUT2D eigenvalue weighted by Gasteiger charge is -2.04. The minimum absolute atomic E-state index is 0.624. The summed E-state index contributed by atoms with van der Waals surface area (Å²) < 4.78 is 1.95. The number of rotatable bonds is 3. The topological polar surface area (TPSA) is 34.4 Å². The molecule has 0 unspecified atom stereocenters. The predicted molar refractivity (Wildman–Crippen MR) is 98.8 cm³/mol. The molecule has 0 N–H and O–H groups in total. The Balaban J connectivity index is 1.82. The van der Waals surface area contributed by atoms with Crippen molar-refractivity contribution >= 4 is 22.6 Å². The number of hydrogen-bond donors (Lipinski definition) is 0. The summed E-state index contributed by atoms with van der Waals surface area (Å²) in [6, 6.07) is 18.5. The van der Waals surface area contributed by atoms with Gasteiger partial charge in [0.1, 0.15) is 11.4 Å². The van der Waals surface area contributed by atoms with E-state index in [4.69, 9.17) is 0 Å². The molecule has 0 saturated carbocycles. The van der Waals surface area contributed by atoms with Gasteiger partial charge in [-0.25, -0.2) is 4.98 Å². The molecule has 0 amide bonds. The smallest absolute Gasteiger partial charge is 0.195 e. The lowest BCUT2D eigenvalue weighted by molar-refractivity contribution is 0.111. The summed E-state index contributed by atoms with van der Waals surface area (Å²) in [5.41, 5.74) is 5.75. The van der Waals surface area contributed by atoms with Crippen LogP contribution >= 0.6 is 11.3 Å². The number of nitrogens with zero attached hydrogens (tertiary/aromatic N) is 2. The number of imidazole rings is 1. The largest absolute Gasteiger partial charge is 0.296 e. The Morgan fingerprint density at radius 2 is 1.54 bits per heavy atom. The number of fused-ring (bicyclic) bond motifs is 1. The Kier molecular flexibility index (Phi) is 3.54. The number of aryl methyl sites for hydroxylation is 2. The molecule has 0 aliphatic rings. The van der Waals surface area contributed by atoms with Crippen molar-refractivity contribution in [3.63, 3.8) is 0 Å². The van der Waals surface area contributed by atoms with Gasteiger partial charge in [0.15, 0.2) is 11.2 Å². The third kappa shape index (κ3) is 2.27. The zero-order valence-corrected chi connectivity index (χ0v) is 14.3. The quantitative estimate of drug-likeness (QED) is 0.486. The summed E-state index contributed by atoms with van der Waals surface area (Å²) in [5.74, 6) is 0. The molecule has 118 valence electrons. The summed E-state index contributed by atoms with van der Waals surface area (Å²) in [7, 11) is 0. The van der Waals surface area contributed by atoms with E-state index < -0.39 is 0 Å². The predicted octanol–water partition coefficient (Wildman–Crippen LogP) is 5.16. The number of carbonyl (C=O) groups is 1. The molecule has 24 heavy (non-hydrogen) atoms. The molecule has 4 aromatic rings. The summed E-state index contributed by atoms with van der Waals surface area (Å²) in [6.07, 6.45) is 0.902. The van der Waals surface area contributed by atoms with E-state index in [9.17, 15) is 4.79 Å². The highest BCUT2D eigenvalue weighted by Gasteiger charge is 2.17. The first-order chi connectivity index (χ1) is 11.7. The summed E-state index contributed by atoms with van der Waals surface area (Å²) in [5, 5.41) is 0. The Bertz CT molecular complexity index is 1030. The maximum absolute atomic E-state index is 11.7. The molecule has 2 aromatic carbocycles. The summed E-state index contributed by atoms with van der Waals surface area (Å²) >= 11 is 1.62. The van der Waals surface area contributed by atoms with E-state index in [0.29, 0.717) is 5.69 Å². The van der Waals surface area contributed by atoms with Crippen molar-refractivity contribution < 1.29 is 4.79 Å². The van der Waals surface area contributed by atoms with Crippen molar-refractivity contribution in [2.24, 2.45) is 0 Å². The van der Waals surface area contributed by atoms with Gasteiger partial charge in [-0.1, -0.05) is 54.6 Å². The lowest BCUT2D eigenvalue weighted by atomic mass is 10.0. The highest BCUT2D eigenvalue weighted by atomic mass is 32.1. The fraction of sp³-hybridized carbons (Fsp3) is 0.100. The van der Waals surface area contributed by atoms with Crippen LogP contribution < -0.4 is 0 Å². The third-order valence-corrected chi connectivity index (χ3v) is 5.41. The molecular weight excluding hydrogens is 316 g/mol. The molecule has 0 saturated heterocycles. The van der Waals surface area contributed by atoms with Gasteiger partial charge in [0.2, 0.25) is 0 Å². The van der Waals surface area contributed by atoms with Crippen LogP contribution in [0.5, 0.6) is 0 Å². The zero-order valence-electron chi connectivity index (χ0n) is 13.5. The minimum atomic E-state index is 0.624. The molecule has 4 heteroatoms. The molecule has 0 bridgehead atoms. The van der Waals surface area contributed by atoms with Gasteiger partial charge in [-0.3, -0.25) is 9.20 Å². The fourth-order valence-electron chi connectivity index (χ4n) is 2.94. The van der Waals surface area contributed by atoms with Crippen LogP contribution in [-0.4, -0.2) is 15.7 Å². The van der Waals surface area contributed by atoms with Gasteiger partial charge < -0.3 is 0 Å². The van der Waals surface area contributed by atoms with E-state index in [0.717, 1.165) is 33.8 Å². The first-order valence-electron chi connectivity index (χ1n) is 7.78. The number of thiazole rings is 1. The first kappa shape index (κ1) is 14.8. The number of aromatic nitrogens is 2. The molecule has 2 heterocycles. The van der Waals surface area contributed by atoms with E-state index in [2.05, 4.69) is 36.2 Å². The molecule has 0 aliphatic heterocycles. The van der Waals surface area contributed by atoms with Gasteiger partial charge in [-0.2, -0.15) is 0 Å². The van der Waals surface area contributed by atoms with Crippen molar-refractivity contribution in [3.8, 4) is 22.4 Å². The normalized spacial score (nSPS) is 11.1. The van der Waals surface area contributed by atoms with Gasteiger partial charge in [0, 0.05) is 16.1 Å². The number of benzene rings is 2. The van der Waals surface area contributed by atoms with Crippen LogP contribution in [-0.2, 0) is 0 Å². The monoisotopic (exact) mass is 332 g/mol. The maximum atomic E-state index is 11.7. The van der Waals surface area contributed by atoms with Gasteiger partial charge in [0.05, 0.1) is 0 Å². The summed E-state index contributed by atoms with van der Waals surface area (Å²) in [4.78, 5) is 18.4. The minimum Gasteiger partial charge on any atom is -0.296 e. The molecule has 4 rings (SSSR count). The molecular formula is C20H16N2OS. The highest BCUT2D eigenvalue weighted by molar-refractivity contribution is 7.17. The fourth-order valence-corrected chi connectivity index (χ4v) is 3.92. The lowest BCUT2D eigenvalue weighted by Crippen LogP contribution is -1.94. The number of carbonyl (C=O) groups excluding carboxylic acids is 1. The van der Waals surface area contributed by atoms with Crippen molar-refractivity contribution in [2.45, 2.75) is 13.8 Å². The molecule has 0 fully saturated rings. The van der Waals surface area contributed by atoms with Crippen molar-refractivity contribution in [2.75, 3.05) is 0 Å². The van der Waals surface area contributed by atoms with E-state index in [-0.39, 0.29) is 0 Å². The van der Waals surface area contributed by atoms with Crippen molar-refractivity contribution in [1.82, 2.24) is 9.38 Å². The van der Waals surface area contributed by atoms with Crippen LogP contribution in [0.15, 0.2) is 54.6 Å². The third-order valence-electron chi connectivity index (χ3n) is 4.35. The van der Waals surface area contributed by atoms with Crippen LogP contribution in [0.4, 0.5) is 0 Å². The maximum Gasteiger partial charge on any atom is 0.195 e. The Morgan fingerprint density at radius 1 is 0.917 bits per heavy atom. The van der Waals surface area contributed by atoms with E-state index in [1.54, 1.807) is 11.3 Å². The van der Waals surface area contributed by atoms with Gasteiger partial charge in [0.25, 0.3) is 0 Å². The molecule has 0 radical (unpaired) electrons. The average Bonchev–Trinajstić information content (AvgIpc) is 3.12. The standard InChI is InChI=1S/C20H16N2OS/c1-13-14(2)24-20-21-19(18(12-23)22(13)20)17-10-8-16(9-11-17)15-6-4-3-5-7-15/h3-12H,1-2H3. The van der Waals surface area contributed by atoms with Crippen LogP contribution in [0.25, 0.3) is 27.3 Å². The van der Waals surface area contributed by atoms with Crippen LogP contribution in [0.2, 0.25) is 0 Å². The van der Waals surface area contributed by atoms with E-state index >= 15 is 0 Å². The van der Waals surface area contributed by atoms with E-state index in [1.165, 1.54) is 10.4 Å². The first-order valence-corrected chi connectivity index (χ1v) is 8.60. The molecule has 0 spiro atoms. The van der Waals surface area contributed by atoms with Gasteiger partial charge in [-0.15, -0.1) is 11.3 Å². The number of aldehydes is 1. The van der Waals surface area contributed by atoms with Crippen LogP contribution in [0.1, 0.15) is 21.1 Å². The van der Waals surface area contributed by atoms with Crippen molar-refractivity contribution in [1.29, 1.82) is 0 Å².